The van der Waals surface area contributed by atoms with Crippen molar-refractivity contribution in [2.75, 3.05) is 23.7 Å². The smallest absolute Gasteiger partial charge is 0.0991 e. The molecular weight excluding hydrogens is 394 g/mol. The van der Waals surface area contributed by atoms with E-state index < -0.39 is 0 Å². The summed E-state index contributed by atoms with van der Waals surface area (Å²) in [7, 11) is 0. The molecule has 3 aromatic carbocycles. The van der Waals surface area contributed by atoms with Crippen LogP contribution >= 0.6 is 0 Å². The number of H-pyrrole nitrogens is 1. The van der Waals surface area contributed by atoms with Crippen LogP contribution in [0.3, 0.4) is 0 Å². The van der Waals surface area contributed by atoms with Crippen LogP contribution in [0.15, 0.2) is 72.8 Å². The fourth-order valence-corrected chi connectivity index (χ4v) is 4.53. The van der Waals surface area contributed by atoms with Crippen molar-refractivity contribution in [1.29, 1.82) is 5.26 Å². The van der Waals surface area contributed by atoms with E-state index in [-0.39, 0.29) is 0 Å². The molecule has 2 heterocycles. The molecule has 0 radical (unpaired) electrons. The predicted octanol–water partition coefficient (Wildman–Crippen LogP) is 5.05. The van der Waals surface area contributed by atoms with E-state index in [0.29, 0.717) is 11.6 Å². The van der Waals surface area contributed by atoms with Gasteiger partial charge < -0.3 is 20.9 Å². The Balaban J connectivity index is 1.24. The number of aromatic nitrogens is 1. The van der Waals surface area contributed by atoms with Crippen LogP contribution in [0.4, 0.5) is 11.4 Å². The molecule has 0 saturated carbocycles. The van der Waals surface area contributed by atoms with Crippen LogP contribution < -0.4 is 16.0 Å². The topological polar surface area (TPSA) is 80.9 Å². The Kier molecular flexibility index (Phi) is 5.53. The van der Waals surface area contributed by atoms with Crippen LogP contribution in [0.5, 0.6) is 0 Å². The molecule has 1 saturated heterocycles. The molecule has 1 aliphatic rings. The highest BCUT2D eigenvalue weighted by Gasteiger charge is 2.19. The molecule has 0 atom stereocenters. The molecule has 0 amide bonds. The molecule has 1 aliphatic heterocycles. The van der Waals surface area contributed by atoms with Gasteiger partial charge in [0.2, 0.25) is 0 Å². The number of anilines is 2. The minimum Gasteiger partial charge on any atom is -0.399 e. The lowest BCUT2D eigenvalue weighted by atomic mass is 10.0. The number of rotatable bonds is 5. The van der Waals surface area contributed by atoms with Gasteiger partial charge in [0.25, 0.3) is 0 Å². The van der Waals surface area contributed by atoms with Crippen molar-refractivity contribution in [3.63, 3.8) is 0 Å². The van der Waals surface area contributed by atoms with Crippen molar-refractivity contribution < 1.29 is 0 Å². The fourth-order valence-electron chi connectivity index (χ4n) is 4.53. The van der Waals surface area contributed by atoms with Gasteiger partial charge in [-0.15, -0.1) is 0 Å². The normalized spacial score (nSPS) is 14.5. The average Bonchev–Trinajstić information content (AvgIpc) is 3.27. The molecule has 0 spiro atoms. The first-order valence-electron chi connectivity index (χ1n) is 11.1. The largest absolute Gasteiger partial charge is 0.399 e. The van der Waals surface area contributed by atoms with E-state index in [1.165, 1.54) is 16.8 Å². The number of hydrogen-bond donors (Lipinski definition) is 3. The summed E-state index contributed by atoms with van der Waals surface area (Å²) in [4.78, 5) is 5.96. The molecule has 5 rings (SSSR count). The summed E-state index contributed by atoms with van der Waals surface area (Å²) in [6, 6.07) is 27.4. The second-order valence-corrected chi connectivity index (χ2v) is 8.53. The lowest BCUT2D eigenvalue weighted by molar-refractivity contribution is 0.414. The molecule has 5 nitrogen and oxygen atoms in total. The maximum atomic E-state index is 9.15. The van der Waals surface area contributed by atoms with Crippen LogP contribution in [0, 0.1) is 11.3 Å². The Morgan fingerprint density at radius 2 is 1.84 bits per heavy atom. The molecule has 0 aliphatic carbocycles. The first-order chi connectivity index (χ1) is 15.7. The highest BCUT2D eigenvalue weighted by atomic mass is 15.1. The Bertz CT molecular complexity index is 1270. The lowest BCUT2D eigenvalue weighted by Gasteiger charge is -2.34. The van der Waals surface area contributed by atoms with Crippen molar-refractivity contribution in [3.05, 3.63) is 83.9 Å². The van der Waals surface area contributed by atoms with E-state index in [4.69, 9.17) is 11.0 Å². The summed E-state index contributed by atoms with van der Waals surface area (Å²) >= 11 is 0. The molecular formula is C27H27N5. The molecule has 160 valence electrons. The third-order valence-electron chi connectivity index (χ3n) is 6.31. The van der Waals surface area contributed by atoms with Gasteiger partial charge in [0.15, 0.2) is 0 Å². The Morgan fingerprint density at radius 3 is 2.66 bits per heavy atom. The van der Waals surface area contributed by atoms with E-state index in [2.05, 4.69) is 57.7 Å². The van der Waals surface area contributed by atoms with Gasteiger partial charge in [-0.25, -0.2) is 0 Å². The number of nitrogens with zero attached hydrogens (tertiary/aromatic N) is 2. The first-order valence-corrected chi connectivity index (χ1v) is 11.1. The maximum Gasteiger partial charge on any atom is 0.0991 e. The van der Waals surface area contributed by atoms with Crippen molar-refractivity contribution in [1.82, 2.24) is 10.3 Å². The van der Waals surface area contributed by atoms with Gasteiger partial charge in [-0.3, -0.25) is 0 Å². The number of fused-ring (bicyclic) bond motifs is 1. The van der Waals surface area contributed by atoms with Gasteiger partial charge in [-0.2, -0.15) is 5.26 Å². The van der Waals surface area contributed by atoms with Crippen LogP contribution in [0.1, 0.15) is 24.0 Å². The van der Waals surface area contributed by atoms with Gasteiger partial charge >= 0.3 is 0 Å². The summed E-state index contributed by atoms with van der Waals surface area (Å²) in [5, 5.41) is 13.9. The summed E-state index contributed by atoms with van der Waals surface area (Å²) < 4.78 is 0. The number of nitrogen functional groups attached to an aromatic ring is 1. The third-order valence-corrected chi connectivity index (χ3v) is 6.31. The Hall–Kier alpha value is -3.75. The van der Waals surface area contributed by atoms with Crippen molar-refractivity contribution >= 4 is 22.3 Å². The molecule has 4 aromatic rings. The highest BCUT2D eigenvalue weighted by Crippen LogP contribution is 2.29. The van der Waals surface area contributed by atoms with E-state index in [1.54, 1.807) is 0 Å². The van der Waals surface area contributed by atoms with E-state index in [9.17, 15) is 0 Å². The minimum absolute atomic E-state index is 0.527. The van der Waals surface area contributed by atoms with Crippen LogP contribution in [0.2, 0.25) is 0 Å². The molecule has 32 heavy (non-hydrogen) atoms. The second kappa shape index (κ2) is 8.78. The monoisotopic (exact) mass is 421 g/mol. The molecule has 1 aromatic heterocycles. The van der Waals surface area contributed by atoms with E-state index >= 15 is 0 Å². The Morgan fingerprint density at radius 1 is 1.00 bits per heavy atom. The molecule has 0 unspecified atom stereocenters. The van der Waals surface area contributed by atoms with Gasteiger partial charge in [0, 0.05) is 53.6 Å². The minimum atomic E-state index is 0.527. The van der Waals surface area contributed by atoms with Crippen molar-refractivity contribution in [2.24, 2.45) is 0 Å². The van der Waals surface area contributed by atoms with Crippen LogP contribution in [-0.2, 0) is 6.54 Å². The number of piperidine rings is 1. The number of nitrogens with one attached hydrogen (secondary N) is 2. The second-order valence-electron chi connectivity index (χ2n) is 8.53. The first kappa shape index (κ1) is 20.2. The molecule has 1 fully saturated rings. The van der Waals surface area contributed by atoms with E-state index in [1.807, 2.05) is 36.4 Å². The van der Waals surface area contributed by atoms with Gasteiger partial charge in [-0.1, -0.05) is 24.3 Å². The average molecular weight is 422 g/mol. The zero-order valence-corrected chi connectivity index (χ0v) is 18.0. The number of nitriles is 1. The van der Waals surface area contributed by atoms with Crippen molar-refractivity contribution in [2.45, 2.75) is 25.4 Å². The molecule has 4 N–H and O–H groups in total. The van der Waals surface area contributed by atoms with E-state index in [0.717, 1.165) is 54.8 Å². The summed E-state index contributed by atoms with van der Waals surface area (Å²) in [5.74, 6) is 0. The standard InChI is InChI=1S/C27H27N5/c28-17-19-7-8-26-22(13-19)16-27(31-26)21-4-2-6-25(15-21)32-11-9-24(10-12-32)30-18-20-3-1-5-23(29)14-20/h1-8,13-16,24,30-31H,9-12,18,29H2. The summed E-state index contributed by atoms with van der Waals surface area (Å²) in [6.07, 6.45) is 2.24. The summed E-state index contributed by atoms with van der Waals surface area (Å²) in [6.45, 7) is 2.94. The number of benzene rings is 3. The molecule has 0 bridgehead atoms. The lowest BCUT2D eigenvalue weighted by Crippen LogP contribution is -2.42. The highest BCUT2D eigenvalue weighted by molar-refractivity contribution is 5.87. The zero-order chi connectivity index (χ0) is 21.9. The predicted molar refractivity (Wildman–Crippen MR) is 131 cm³/mol. The third kappa shape index (κ3) is 4.32. The number of hydrogen-bond acceptors (Lipinski definition) is 4. The number of aromatic amines is 1. The van der Waals surface area contributed by atoms with Gasteiger partial charge in [0.1, 0.15) is 0 Å². The van der Waals surface area contributed by atoms with Crippen molar-refractivity contribution in [3.8, 4) is 17.3 Å². The maximum absolute atomic E-state index is 9.15. The van der Waals surface area contributed by atoms with Crippen LogP contribution in [-0.4, -0.2) is 24.1 Å². The zero-order valence-electron chi connectivity index (χ0n) is 18.0. The number of nitrogens with two attached hydrogens (primary N) is 1. The molecule has 5 heteroatoms. The van der Waals surface area contributed by atoms with Gasteiger partial charge in [-0.05, 0) is 72.5 Å². The van der Waals surface area contributed by atoms with Gasteiger partial charge in [0.05, 0.1) is 11.6 Å². The fraction of sp³-hybridized carbons (Fsp3) is 0.222. The van der Waals surface area contributed by atoms with Crippen LogP contribution in [0.25, 0.3) is 22.2 Å². The Labute approximate surface area is 188 Å². The summed E-state index contributed by atoms with van der Waals surface area (Å²) in [5.41, 5.74) is 13.2. The SMILES string of the molecule is N#Cc1ccc2[nH]c(-c3cccc(N4CCC(NCc5cccc(N)c5)CC4)c3)cc2c1. The quantitative estimate of drug-likeness (QED) is 0.394.